The highest BCUT2D eigenvalue weighted by atomic mass is 19.4. The van der Waals surface area contributed by atoms with Gasteiger partial charge in [0.05, 0.1) is 23.3 Å². The van der Waals surface area contributed by atoms with Crippen LogP contribution in [0.25, 0.3) is 0 Å². The lowest BCUT2D eigenvalue weighted by atomic mass is 10.0. The van der Waals surface area contributed by atoms with Crippen LogP contribution in [0.4, 0.5) is 18.9 Å². The van der Waals surface area contributed by atoms with E-state index in [0.29, 0.717) is 18.8 Å². The molecule has 1 N–H and O–H groups in total. The predicted octanol–water partition coefficient (Wildman–Crippen LogP) is 3.02. The van der Waals surface area contributed by atoms with Crippen molar-refractivity contribution in [2.24, 2.45) is 0 Å². The number of benzene rings is 1. The van der Waals surface area contributed by atoms with Gasteiger partial charge in [0.25, 0.3) is 0 Å². The highest BCUT2D eigenvalue weighted by Gasteiger charge is 2.36. The van der Waals surface area contributed by atoms with Crippen LogP contribution in [0.3, 0.4) is 0 Å². The van der Waals surface area contributed by atoms with E-state index in [9.17, 15) is 18.0 Å². The van der Waals surface area contributed by atoms with Crippen LogP contribution in [0, 0.1) is 0 Å². The number of carboxylic acids is 1. The Morgan fingerprint density at radius 2 is 1.86 bits per heavy atom. The lowest BCUT2D eigenvalue weighted by molar-refractivity contribution is -0.138. The summed E-state index contributed by atoms with van der Waals surface area (Å²) in [6.07, 6.45) is -4.81. The average Bonchev–Trinajstić information content (AvgIpc) is 2.35. The summed E-state index contributed by atoms with van der Waals surface area (Å²) >= 11 is 0. The summed E-state index contributed by atoms with van der Waals surface area (Å²) in [7, 11) is 0. The molecule has 0 amide bonds. The summed E-state index contributed by atoms with van der Waals surface area (Å²) in [4.78, 5) is 12.9. The van der Waals surface area contributed by atoms with E-state index in [2.05, 4.69) is 0 Å². The molecular weight excluding hydrogens is 287 g/mol. The summed E-state index contributed by atoms with van der Waals surface area (Å²) < 4.78 is 44.0. The van der Waals surface area contributed by atoms with Gasteiger partial charge in [-0.25, -0.2) is 4.79 Å². The topological polar surface area (TPSA) is 49.8 Å². The molecule has 1 fully saturated rings. The van der Waals surface area contributed by atoms with Crippen LogP contribution in [-0.2, 0) is 10.9 Å². The van der Waals surface area contributed by atoms with E-state index < -0.39 is 23.3 Å². The van der Waals surface area contributed by atoms with Crippen LogP contribution in [0.2, 0.25) is 0 Å². The minimum Gasteiger partial charge on any atom is -0.478 e. The fourth-order valence-corrected chi connectivity index (χ4v) is 2.54. The van der Waals surface area contributed by atoms with E-state index in [1.54, 1.807) is 0 Å². The molecule has 1 aliphatic heterocycles. The Hall–Kier alpha value is -1.76. The predicted molar refractivity (Wildman–Crippen MR) is 70.6 cm³/mol. The maximum atomic E-state index is 12.8. The molecule has 0 radical (unpaired) electrons. The third kappa shape index (κ3) is 3.47. The second-order valence-corrected chi connectivity index (χ2v) is 5.20. The van der Waals surface area contributed by atoms with Gasteiger partial charge in [0.15, 0.2) is 0 Å². The third-order valence-electron chi connectivity index (χ3n) is 3.32. The van der Waals surface area contributed by atoms with Crippen molar-refractivity contribution in [3.05, 3.63) is 29.3 Å². The lowest BCUT2D eigenvalue weighted by Crippen LogP contribution is -2.45. The van der Waals surface area contributed by atoms with Crippen molar-refractivity contribution >= 4 is 11.7 Å². The molecule has 1 heterocycles. The molecule has 7 heteroatoms. The number of ether oxygens (including phenoxy) is 1. The van der Waals surface area contributed by atoms with Crippen LogP contribution < -0.4 is 4.90 Å². The Morgan fingerprint density at radius 1 is 1.29 bits per heavy atom. The van der Waals surface area contributed by atoms with Crippen LogP contribution in [0.1, 0.15) is 29.8 Å². The SMILES string of the molecule is C[C@@H]1CN(c2ccc(C(F)(F)F)c(C(=O)O)c2)C[C@H](C)O1. The lowest BCUT2D eigenvalue weighted by Gasteiger charge is -2.37. The number of hydrogen-bond acceptors (Lipinski definition) is 3. The van der Waals surface area contributed by atoms with E-state index in [1.807, 2.05) is 18.7 Å². The molecule has 2 rings (SSSR count). The van der Waals surface area contributed by atoms with Crippen molar-refractivity contribution in [1.29, 1.82) is 0 Å². The first-order valence-electron chi connectivity index (χ1n) is 6.53. The molecule has 1 aromatic rings. The Labute approximate surface area is 120 Å². The van der Waals surface area contributed by atoms with Gasteiger partial charge in [0.1, 0.15) is 0 Å². The number of anilines is 1. The largest absolute Gasteiger partial charge is 0.478 e. The van der Waals surface area contributed by atoms with Crippen molar-refractivity contribution in [3.63, 3.8) is 0 Å². The Bertz CT molecular complexity index is 535. The molecule has 116 valence electrons. The maximum Gasteiger partial charge on any atom is 0.417 e. The molecular formula is C14H16F3NO3. The van der Waals surface area contributed by atoms with Gasteiger partial charge in [0.2, 0.25) is 0 Å². The van der Waals surface area contributed by atoms with E-state index in [0.717, 1.165) is 12.1 Å². The number of morpholine rings is 1. The Morgan fingerprint density at radius 3 is 2.33 bits per heavy atom. The molecule has 0 saturated carbocycles. The van der Waals surface area contributed by atoms with Gasteiger partial charge in [-0.15, -0.1) is 0 Å². The van der Waals surface area contributed by atoms with Crippen molar-refractivity contribution in [2.75, 3.05) is 18.0 Å². The van der Waals surface area contributed by atoms with E-state index in [1.165, 1.54) is 6.07 Å². The zero-order valence-electron chi connectivity index (χ0n) is 11.6. The minimum absolute atomic E-state index is 0.0654. The summed E-state index contributed by atoms with van der Waals surface area (Å²) in [6, 6.07) is 3.21. The molecule has 0 spiro atoms. The normalized spacial score (nSPS) is 23.2. The smallest absolute Gasteiger partial charge is 0.417 e. The number of hydrogen-bond donors (Lipinski definition) is 1. The Balaban J connectivity index is 2.38. The van der Waals surface area contributed by atoms with Gasteiger partial charge >= 0.3 is 12.1 Å². The summed E-state index contributed by atoms with van der Waals surface area (Å²) in [6.45, 7) is 4.75. The molecule has 4 nitrogen and oxygen atoms in total. The summed E-state index contributed by atoms with van der Waals surface area (Å²) in [5, 5.41) is 9.01. The molecule has 1 aromatic carbocycles. The number of alkyl halides is 3. The standard InChI is InChI=1S/C14H16F3NO3/c1-8-6-18(7-9(2)21-8)10-3-4-12(14(15,16)17)11(5-10)13(19)20/h3-5,8-9H,6-7H2,1-2H3,(H,19,20)/t8-,9+. The molecule has 1 aliphatic rings. The van der Waals surface area contributed by atoms with Crippen LogP contribution in [0.5, 0.6) is 0 Å². The van der Waals surface area contributed by atoms with Crippen LogP contribution in [-0.4, -0.2) is 36.4 Å². The van der Waals surface area contributed by atoms with Crippen LogP contribution >= 0.6 is 0 Å². The summed E-state index contributed by atoms with van der Waals surface area (Å²) in [5.74, 6) is -1.58. The van der Waals surface area contributed by atoms with E-state index in [4.69, 9.17) is 9.84 Å². The van der Waals surface area contributed by atoms with Gasteiger partial charge in [-0.2, -0.15) is 13.2 Å². The third-order valence-corrected chi connectivity index (χ3v) is 3.32. The monoisotopic (exact) mass is 303 g/mol. The van der Waals surface area contributed by atoms with Crippen molar-refractivity contribution < 1.29 is 27.8 Å². The number of carbonyl (C=O) groups is 1. The van der Waals surface area contributed by atoms with Gasteiger partial charge < -0.3 is 14.7 Å². The van der Waals surface area contributed by atoms with Gasteiger partial charge in [0, 0.05) is 18.8 Å². The van der Waals surface area contributed by atoms with Crippen molar-refractivity contribution in [2.45, 2.75) is 32.2 Å². The van der Waals surface area contributed by atoms with Crippen LogP contribution in [0.15, 0.2) is 18.2 Å². The minimum atomic E-state index is -4.68. The zero-order chi connectivity index (χ0) is 15.8. The maximum absolute atomic E-state index is 12.8. The molecule has 0 aliphatic carbocycles. The molecule has 21 heavy (non-hydrogen) atoms. The molecule has 2 atom stereocenters. The first-order chi connectivity index (χ1) is 9.68. The number of rotatable bonds is 2. The Kier molecular flexibility index (Phi) is 4.13. The summed E-state index contributed by atoms with van der Waals surface area (Å²) in [5.41, 5.74) is -1.40. The van der Waals surface area contributed by atoms with Gasteiger partial charge in [-0.05, 0) is 32.0 Å². The highest BCUT2D eigenvalue weighted by Crippen LogP contribution is 2.34. The second-order valence-electron chi connectivity index (χ2n) is 5.20. The molecule has 1 saturated heterocycles. The molecule has 0 aromatic heterocycles. The highest BCUT2D eigenvalue weighted by molar-refractivity contribution is 5.91. The second kappa shape index (κ2) is 5.55. The fourth-order valence-electron chi connectivity index (χ4n) is 2.54. The van der Waals surface area contributed by atoms with E-state index in [-0.39, 0.29) is 12.2 Å². The number of carboxylic acid groups (broad SMARTS) is 1. The van der Waals surface area contributed by atoms with Gasteiger partial charge in [-0.1, -0.05) is 0 Å². The van der Waals surface area contributed by atoms with Crippen molar-refractivity contribution in [1.82, 2.24) is 0 Å². The first kappa shape index (κ1) is 15.6. The quantitative estimate of drug-likeness (QED) is 0.912. The van der Waals surface area contributed by atoms with Crippen molar-refractivity contribution in [3.8, 4) is 0 Å². The number of aromatic carboxylic acids is 1. The number of halogens is 3. The number of nitrogens with zero attached hydrogens (tertiary/aromatic N) is 1. The van der Waals surface area contributed by atoms with E-state index >= 15 is 0 Å². The molecule has 0 bridgehead atoms. The van der Waals surface area contributed by atoms with Gasteiger partial charge in [-0.3, -0.25) is 0 Å². The fraction of sp³-hybridized carbons (Fsp3) is 0.500. The molecule has 0 unspecified atom stereocenters. The first-order valence-corrected chi connectivity index (χ1v) is 6.53. The zero-order valence-corrected chi connectivity index (χ0v) is 11.6. The average molecular weight is 303 g/mol.